The van der Waals surface area contributed by atoms with Crippen LogP contribution in [-0.4, -0.2) is 64.0 Å². The highest BCUT2D eigenvalue weighted by atomic mass is 16.6. The van der Waals surface area contributed by atoms with Gasteiger partial charge in [0.25, 0.3) is 0 Å². The van der Waals surface area contributed by atoms with Gasteiger partial charge in [0.1, 0.15) is 23.4 Å². The van der Waals surface area contributed by atoms with Gasteiger partial charge in [0.05, 0.1) is 11.1 Å². The highest BCUT2D eigenvalue weighted by molar-refractivity contribution is 5.93. The van der Waals surface area contributed by atoms with Crippen LogP contribution in [-0.2, 0) is 11.2 Å². The number of rotatable bonds is 5. The second kappa shape index (κ2) is 10.7. The molecule has 4 aromatic rings. The number of ether oxygens (including phenoxy) is 3. The summed E-state index contributed by atoms with van der Waals surface area (Å²) in [5.41, 5.74) is -0.328. The zero-order valence-electron chi connectivity index (χ0n) is 21.6. The Labute approximate surface area is 240 Å². The molecule has 1 aliphatic heterocycles. The Morgan fingerprint density at radius 3 is 1.74 bits per heavy atom. The maximum absolute atomic E-state index is 13.0. The maximum Gasteiger partial charge on any atom is 0.343 e. The Balaban J connectivity index is 1.48. The molecule has 0 aromatic heterocycles. The summed E-state index contributed by atoms with van der Waals surface area (Å²) in [6.07, 6.45) is -2.58. The van der Waals surface area contributed by atoms with E-state index in [2.05, 4.69) is 0 Å². The van der Waals surface area contributed by atoms with Crippen molar-refractivity contribution in [1.29, 1.82) is 0 Å². The third kappa shape index (κ3) is 5.44. The first-order valence-corrected chi connectivity index (χ1v) is 12.3. The number of esters is 2. The monoisotopic (exact) mass is 594 g/mol. The van der Waals surface area contributed by atoms with E-state index in [9.17, 15) is 55.5 Å². The van der Waals surface area contributed by atoms with Crippen LogP contribution in [0.15, 0.2) is 54.6 Å². The summed E-state index contributed by atoms with van der Waals surface area (Å²) in [6.45, 7) is 0. The largest absolute Gasteiger partial charge is 0.507 e. The molecular formula is C29H22O14. The SMILES string of the molecule is O=C(Oc1cc(O)c2c(c1)OC(c1ccc(O)c(O)c1)C(OC(=O)c1cc(O)c(O)c(O)c1)C2)c1cc(O)c(O)c(O)c1. The van der Waals surface area contributed by atoms with Gasteiger partial charge in [-0.3, -0.25) is 0 Å². The van der Waals surface area contributed by atoms with E-state index in [1.165, 1.54) is 12.1 Å². The maximum atomic E-state index is 13.0. The standard InChI is InChI=1S/C29H22O14/c30-16-2-1-11(3-18(16)32)27-24(43-29(40)13-6-21(35)26(38)22(36)7-13)10-15-17(31)8-14(9-23(15)42-27)41-28(39)12-4-19(33)25(37)20(34)5-12/h1-9,24,27,30-38H,10H2. The Morgan fingerprint density at radius 2 is 1.19 bits per heavy atom. The summed E-state index contributed by atoms with van der Waals surface area (Å²) in [5.74, 6) is -8.58. The predicted octanol–water partition coefficient (Wildman–Crippen LogP) is 3.16. The van der Waals surface area contributed by atoms with Crippen molar-refractivity contribution in [2.45, 2.75) is 18.6 Å². The van der Waals surface area contributed by atoms with Crippen LogP contribution in [0.1, 0.15) is 37.9 Å². The van der Waals surface area contributed by atoms with E-state index in [1.54, 1.807) is 0 Å². The summed E-state index contributed by atoms with van der Waals surface area (Å²) in [6, 6.07) is 9.41. The van der Waals surface area contributed by atoms with Crippen molar-refractivity contribution in [1.82, 2.24) is 0 Å². The normalized spacial score (nSPS) is 15.6. The van der Waals surface area contributed by atoms with Crippen LogP contribution < -0.4 is 9.47 Å². The number of aromatic hydroxyl groups is 9. The van der Waals surface area contributed by atoms with Crippen LogP contribution >= 0.6 is 0 Å². The summed E-state index contributed by atoms with van der Waals surface area (Å²) in [5, 5.41) is 88.6. The minimum Gasteiger partial charge on any atom is -0.507 e. The van der Waals surface area contributed by atoms with Crippen molar-refractivity contribution in [2.24, 2.45) is 0 Å². The predicted molar refractivity (Wildman–Crippen MR) is 142 cm³/mol. The zero-order valence-corrected chi connectivity index (χ0v) is 21.6. The van der Waals surface area contributed by atoms with Crippen LogP contribution in [0.3, 0.4) is 0 Å². The average Bonchev–Trinajstić information content (AvgIpc) is 2.95. The summed E-state index contributed by atoms with van der Waals surface area (Å²) >= 11 is 0. The van der Waals surface area contributed by atoms with E-state index in [0.29, 0.717) is 0 Å². The number of carbonyl (C=O) groups excluding carboxylic acids is 2. The van der Waals surface area contributed by atoms with Crippen LogP contribution in [0, 0.1) is 0 Å². The number of benzene rings is 4. The van der Waals surface area contributed by atoms with E-state index in [4.69, 9.17) is 14.2 Å². The van der Waals surface area contributed by atoms with Gasteiger partial charge in [-0.1, -0.05) is 6.07 Å². The molecule has 0 radical (unpaired) electrons. The molecule has 0 saturated carbocycles. The highest BCUT2D eigenvalue weighted by Crippen LogP contribution is 2.45. The number of hydrogen-bond acceptors (Lipinski definition) is 14. The Hall–Kier alpha value is -6.18. The smallest absolute Gasteiger partial charge is 0.343 e. The minimum absolute atomic E-state index is 0.0241. The number of phenolic OH excluding ortho intramolecular Hbond substituents is 9. The quantitative estimate of drug-likeness (QED) is 0.0916. The van der Waals surface area contributed by atoms with Gasteiger partial charge in [-0.25, -0.2) is 9.59 Å². The van der Waals surface area contributed by atoms with Crippen LogP contribution in [0.25, 0.3) is 0 Å². The Morgan fingerprint density at radius 1 is 0.628 bits per heavy atom. The molecule has 222 valence electrons. The fraction of sp³-hybridized carbons (Fsp3) is 0.103. The molecule has 2 atom stereocenters. The van der Waals surface area contributed by atoms with Gasteiger partial charge in [-0.05, 0) is 36.4 Å². The molecule has 0 saturated heterocycles. The summed E-state index contributed by atoms with van der Waals surface area (Å²) in [4.78, 5) is 25.6. The first kappa shape index (κ1) is 28.4. The lowest BCUT2D eigenvalue weighted by Gasteiger charge is -2.34. The average molecular weight is 594 g/mol. The van der Waals surface area contributed by atoms with Crippen molar-refractivity contribution in [3.63, 3.8) is 0 Å². The second-order valence-corrected chi connectivity index (χ2v) is 9.47. The molecular weight excluding hydrogens is 572 g/mol. The third-order valence-electron chi connectivity index (χ3n) is 6.56. The van der Waals surface area contributed by atoms with E-state index < -0.39 is 75.9 Å². The van der Waals surface area contributed by atoms with E-state index >= 15 is 0 Å². The lowest BCUT2D eigenvalue weighted by Crippen LogP contribution is -2.34. The molecule has 1 aliphatic rings. The first-order chi connectivity index (χ1) is 20.3. The van der Waals surface area contributed by atoms with Crippen molar-refractivity contribution in [3.05, 3.63) is 76.9 Å². The van der Waals surface area contributed by atoms with Crippen molar-refractivity contribution in [3.8, 4) is 63.2 Å². The molecule has 9 N–H and O–H groups in total. The molecule has 0 fully saturated rings. The van der Waals surface area contributed by atoms with Crippen LogP contribution in [0.4, 0.5) is 0 Å². The first-order valence-electron chi connectivity index (χ1n) is 12.3. The van der Waals surface area contributed by atoms with Gasteiger partial charge in [-0.2, -0.15) is 0 Å². The molecule has 0 amide bonds. The number of hydrogen-bond donors (Lipinski definition) is 9. The van der Waals surface area contributed by atoms with Gasteiger partial charge in [0, 0.05) is 29.7 Å². The van der Waals surface area contributed by atoms with Crippen LogP contribution in [0.2, 0.25) is 0 Å². The molecule has 4 aromatic carbocycles. The summed E-state index contributed by atoms with van der Waals surface area (Å²) in [7, 11) is 0. The van der Waals surface area contributed by atoms with E-state index in [0.717, 1.165) is 42.5 Å². The lowest BCUT2D eigenvalue weighted by molar-refractivity contribution is -0.0189. The number of fused-ring (bicyclic) bond motifs is 1. The molecule has 14 heteroatoms. The molecule has 43 heavy (non-hydrogen) atoms. The molecule has 0 bridgehead atoms. The molecule has 14 nitrogen and oxygen atoms in total. The Bertz CT molecular complexity index is 1730. The zero-order chi connectivity index (χ0) is 31.2. The Kier molecular flexibility index (Phi) is 7.03. The van der Waals surface area contributed by atoms with Gasteiger partial charge in [0.15, 0.2) is 52.1 Å². The third-order valence-corrected chi connectivity index (χ3v) is 6.56. The van der Waals surface area contributed by atoms with Gasteiger partial charge in [-0.15, -0.1) is 0 Å². The number of carbonyl (C=O) groups is 2. The molecule has 2 unspecified atom stereocenters. The van der Waals surface area contributed by atoms with Crippen molar-refractivity contribution >= 4 is 11.9 Å². The molecule has 5 rings (SSSR count). The highest BCUT2D eigenvalue weighted by Gasteiger charge is 2.37. The topological polar surface area (TPSA) is 244 Å². The minimum atomic E-state index is -1.20. The fourth-order valence-electron chi connectivity index (χ4n) is 4.42. The lowest BCUT2D eigenvalue weighted by atomic mass is 9.93. The van der Waals surface area contributed by atoms with Crippen molar-refractivity contribution in [2.75, 3.05) is 0 Å². The fourth-order valence-corrected chi connectivity index (χ4v) is 4.42. The van der Waals surface area contributed by atoms with Gasteiger partial charge >= 0.3 is 11.9 Å². The molecule has 1 heterocycles. The molecule has 0 aliphatic carbocycles. The van der Waals surface area contributed by atoms with E-state index in [1.807, 2.05) is 0 Å². The van der Waals surface area contributed by atoms with Crippen LogP contribution in [0.5, 0.6) is 63.2 Å². The van der Waals surface area contributed by atoms with E-state index in [-0.39, 0.29) is 40.2 Å². The van der Waals surface area contributed by atoms with Gasteiger partial charge < -0.3 is 60.2 Å². The van der Waals surface area contributed by atoms with Gasteiger partial charge in [0.2, 0.25) is 0 Å². The number of phenols is 9. The summed E-state index contributed by atoms with van der Waals surface area (Å²) < 4.78 is 16.8. The van der Waals surface area contributed by atoms with Crippen molar-refractivity contribution < 1.29 is 69.8 Å². The second-order valence-electron chi connectivity index (χ2n) is 9.47. The molecule has 0 spiro atoms.